The van der Waals surface area contributed by atoms with Gasteiger partial charge in [0.05, 0.1) is 22.5 Å². The molecule has 0 radical (unpaired) electrons. The molecule has 1 aliphatic carbocycles. The average Bonchev–Trinajstić information content (AvgIpc) is 2.69. The molecule has 0 heterocycles. The van der Waals surface area contributed by atoms with Gasteiger partial charge in [-0.2, -0.15) is 8.42 Å². The second-order valence-electron chi connectivity index (χ2n) is 6.91. The second kappa shape index (κ2) is 8.10. The summed E-state index contributed by atoms with van der Waals surface area (Å²) in [6, 6.07) is 12.3. The number of rotatable bonds is 3. The fraction of sp³-hybridized carbons (Fsp3) is 0.0476. The van der Waals surface area contributed by atoms with E-state index in [1.54, 1.807) is 37.3 Å². The third-order valence-electron chi connectivity index (χ3n) is 5.12. The van der Waals surface area contributed by atoms with E-state index in [0.29, 0.717) is 16.9 Å². The molecule has 6 N–H and O–H groups in total. The number of carbonyl (C=O) groups excluding carboxylic acids is 2. The Labute approximate surface area is 200 Å². The summed E-state index contributed by atoms with van der Waals surface area (Å²) in [4.78, 5) is 25.7. The standard InChI is InChI=1S/C21H17N3O5S.Na.H/c1-10-13(22)7-4-8-14(10)24-15-9-16(30(27,28)29)19(23)18-17(15)20(25)11-5-2-3-6-12(11)21(18)26;;/h2-9,24H,22-23H2,1H3,(H,27,28,29);;. The van der Waals surface area contributed by atoms with Crippen LogP contribution in [0.4, 0.5) is 22.7 Å². The average molecular weight is 447 g/mol. The summed E-state index contributed by atoms with van der Waals surface area (Å²) in [5.74, 6) is -1.09. The predicted octanol–water partition coefficient (Wildman–Crippen LogP) is 2.28. The SMILES string of the molecule is Cc1c(N)cccc1Nc1cc(S(=O)(=O)O)c(N)c2c1C(=O)c1ccccc1C2=O.[NaH]. The van der Waals surface area contributed by atoms with Crippen LogP contribution in [-0.2, 0) is 10.1 Å². The van der Waals surface area contributed by atoms with Crippen LogP contribution in [0.1, 0.15) is 37.4 Å². The van der Waals surface area contributed by atoms with Gasteiger partial charge in [-0.15, -0.1) is 0 Å². The van der Waals surface area contributed by atoms with Crippen LogP contribution in [0.2, 0.25) is 0 Å². The van der Waals surface area contributed by atoms with Gasteiger partial charge >= 0.3 is 29.6 Å². The molecule has 31 heavy (non-hydrogen) atoms. The maximum atomic E-state index is 13.2. The molecular formula is C21H18N3NaO5S. The molecular weight excluding hydrogens is 429 g/mol. The molecule has 3 aromatic carbocycles. The first kappa shape index (κ1) is 23.0. The van der Waals surface area contributed by atoms with Gasteiger partial charge in [0.2, 0.25) is 0 Å². The Kier molecular flexibility index (Phi) is 6.01. The molecule has 0 unspecified atom stereocenters. The zero-order valence-corrected chi connectivity index (χ0v) is 16.6. The van der Waals surface area contributed by atoms with Crippen molar-refractivity contribution in [2.45, 2.75) is 11.8 Å². The second-order valence-corrected chi connectivity index (χ2v) is 8.30. The van der Waals surface area contributed by atoms with Crippen molar-refractivity contribution in [1.82, 2.24) is 0 Å². The van der Waals surface area contributed by atoms with Crippen LogP contribution in [0.3, 0.4) is 0 Å². The molecule has 0 amide bonds. The van der Waals surface area contributed by atoms with Crippen molar-refractivity contribution < 1.29 is 22.6 Å². The summed E-state index contributed by atoms with van der Waals surface area (Å²) >= 11 is 0. The molecule has 154 valence electrons. The van der Waals surface area contributed by atoms with Crippen molar-refractivity contribution in [2.24, 2.45) is 0 Å². The van der Waals surface area contributed by atoms with Gasteiger partial charge in [-0.05, 0) is 30.7 Å². The van der Waals surface area contributed by atoms with Crippen LogP contribution in [0.15, 0.2) is 53.4 Å². The van der Waals surface area contributed by atoms with Crippen LogP contribution in [0.25, 0.3) is 0 Å². The molecule has 10 heteroatoms. The monoisotopic (exact) mass is 447 g/mol. The minimum atomic E-state index is -4.77. The van der Waals surface area contributed by atoms with Crippen molar-refractivity contribution in [3.8, 4) is 0 Å². The van der Waals surface area contributed by atoms with Gasteiger partial charge in [-0.3, -0.25) is 14.1 Å². The number of benzene rings is 3. The van der Waals surface area contributed by atoms with E-state index in [9.17, 15) is 22.6 Å². The van der Waals surface area contributed by atoms with Gasteiger partial charge < -0.3 is 16.8 Å². The summed E-state index contributed by atoms with van der Waals surface area (Å²) < 4.78 is 33.5. The third-order valence-corrected chi connectivity index (χ3v) is 6.02. The predicted molar refractivity (Wildman–Crippen MR) is 120 cm³/mol. The van der Waals surface area contributed by atoms with Gasteiger partial charge in [0, 0.05) is 22.5 Å². The molecule has 0 saturated heterocycles. The van der Waals surface area contributed by atoms with Crippen LogP contribution in [-0.4, -0.2) is 54.1 Å². The molecule has 1 aliphatic rings. The van der Waals surface area contributed by atoms with Crippen molar-refractivity contribution >= 4 is 74.0 Å². The van der Waals surface area contributed by atoms with E-state index < -0.39 is 32.3 Å². The Morgan fingerprint density at radius 1 is 0.871 bits per heavy atom. The maximum absolute atomic E-state index is 13.2. The summed E-state index contributed by atoms with van der Waals surface area (Å²) in [5.41, 5.74) is 13.0. The normalized spacial score (nSPS) is 12.6. The molecule has 0 saturated carbocycles. The van der Waals surface area contributed by atoms with Crippen molar-refractivity contribution in [3.63, 3.8) is 0 Å². The van der Waals surface area contributed by atoms with Gasteiger partial charge in [0.25, 0.3) is 10.1 Å². The first-order valence-electron chi connectivity index (χ1n) is 8.85. The van der Waals surface area contributed by atoms with Crippen molar-refractivity contribution in [3.05, 3.63) is 76.3 Å². The van der Waals surface area contributed by atoms with Crippen molar-refractivity contribution in [1.29, 1.82) is 0 Å². The van der Waals surface area contributed by atoms with Gasteiger partial charge in [0.1, 0.15) is 4.90 Å². The van der Waals surface area contributed by atoms with Gasteiger partial charge in [-0.25, -0.2) is 0 Å². The van der Waals surface area contributed by atoms with Crippen LogP contribution < -0.4 is 16.8 Å². The number of nitrogens with two attached hydrogens (primary N) is 2. The Morgan fingerprint density at radius 2 is 1.45 bits per heavy atom. The number of anilines is 4. The molecule has 0 aromatic heterocycles. The molecule has 4 rings (SSSR count). The Balaban J connectivity index is 0.00000272. The molecule has 3 aromatic rings. The molecule has 0 spiro atoms. The third kappa shape index (κ3) is 3.75. The number of nitrogens with one attached hydrogen (secondary N) is 1. The van der Waals surface area contributed by atoms with Crippen molar-refractivity contribution in [2.75, 3.05) is 16.8 Å². The topological polar surface area (TPSA) is 153 Å². The van der Waals surface area contributed by atoms with E-state index in [1.807, 2.05) is 0 Å². The number of nitrogen functional groups attached to an aromatic ring is 2. The zero-order valence-electron chi connectivity index (χ0n) is 15.8. The summed E-state index contributed by atoms with van der Waals surface area (Å²) in [5, 5.41) is 2.98. The quantitative estimate of drug-likeness (QED) is 0.212. The molecule has 0 atom stereocenters. The van der Waals surface area contributed by atoms with E-state index in [-0.39, 0.29) is 57.5 Å². The Hall–Kier alpha value is -2.69. The Morgan fingerprint density at radius 3 is 2.03 bits per heavy atom. The number of hydrogen-bond acceptors (Lipinski definition) is 7. The number of hydrogen-bond donors (Lipinski definition) is 4. The summed E-state index contributed by atoms with van der Waals surface area (Å²) in [6.07, 6.45) is 0. The summed E-state index contributed by atoms with van der Waals surface area (Å²) in [7, 11) is -4.77. The van der Waals surface area contributed by atoms with E-state index in [0.717, 1.165) is 6.07 Å². The zero-order chi connectivity index (χ0) is 21.8. The van der Waals surface area contributed by atoms with E-state index in [4.69, 9.17) is 11.5 Å². The molecule has 0 fully saturated rings. The molecule has 8 nitrogen and oxygen atoms in total. The van der Waals surface area contributed by atoms with Crippen LogP contribution in [0.5, 0.6) is 0 Å². The van der Waals surface area contributed by atoms with Crippen LogP contribution >= 0.6 is 0 Å². The van der Waals surface area contributed by atoms with Crippen LogP contribution in [0, 0.1) is 6.92 Å². The number of carbonyl (C=O) groups is 2. The van der Waals surface area contributed by atoms with E-state index >= 15 is 0 Å². The van der Waals surface area contributed by atoms with Gasteiger partial charge in [-0.1, -0.05) is 30.3 Å². The first-order chi connectivity index (χ1) is 14.1. The fourth-order valence-electron chi connectivity index (χ4n) is 3.54. The number of fused-ring (bicyclic) bond motifs is 2. The fourth-order valence-corrected chi connectivity index (χ4v) is 4.19. The minimum absolute atomic E-state index is 0. The molecule has 0 aliphatic heterocycles. The van der Waals surface area contributed by atoms with E-state index in [1.165, 1.54) is 12.1 Å². The first-order valence-corrected chi connectivity index (χ1v) is 10.3. The molecule has 0 bridgehead atoms. The number of ketones is 2. The Bertz CT molecular complexity index is 1370. The van der Waals surface area contributed by atoms with E-state index in [2.05, 4.69) is 5.32 Å². The van der Waals surface area contributed by atoms with Gasteiger partial charge in [0.15, 0.2) is 11.6 Å². The summed E-state index contributed by atoms with van der Waals surface area (Å²) in [6.45, 7) is 1.74.